The smallest absolute Gasteiger partial charge is 0.270 e. The highest BCUT2D eigenvalue weighted by Crippen LogP contribution is 2.33. The zero-order valence-corrected chi connectivity index (χ0v) is 19.7. The molecule has 8 nitrogen and oxygen atoms in total. The molecule has 2 aromatic rings. The predicted molar refractivity (Wildman–Crippen MR) is 125 cm³/mol. The minimum Gasteiger partial charge on any atom is -0.391 e. The summed E-state index contributed by atoms with van der Waals surface area (Å²) in [5.74, 6) is 0.252. The third-order valence-corrected chi connectivity index (χ3v) is 6.44. The van der Waals surface area contributed by atoms with Crippen molar-refractivity contribution in [1.29, 1.82) is 0 Å². The Kier molecular flexibility index (Phi) is 7.19. The maximum Gasteiger partial charge on any atom is 0.270 e. The third kappa shape index (κ3) is 5.76. The Morgan fingerprint density at radius 3 is 2.59 bits per heavy atom. The number of nitrogens with one attached hydrogen (secondary N) is 2. The number of aromatic nitrogens is 2. The van der Waals surface area contributed by atoms with E-state index in [0.29, 0.717) is 35.1 Å². The molecule has 0 bridgehead atoms. The number of hydrogen-bond acceptors (Lipinski definition) is 6. The minimum atomic E-state index is -0.332. The molecule has 1 atom stereocenters. The van der Waals surface area contributed by atoms with Crippen LogP contribution in [0, 0.1) is 25.6 Å². The third-order valence-electron chi connectivity index (χ3n) is 6.44. The first-order chi connectivity index (χ1) is 16.3. The summed E-state index contributed by atoms with van der Waals surface area (Å²) in [6.45, 7) is 5.24. The van der Waals surface area contributed by atoms with Crippen LogP contribution in [0.5, 0.6) is 0 Å². The Hall–Kier alpha value is -3.36. The van der Waals surface area contributed by atoms with E-state index in [-0.39, 0.29) is 42.0 Å². The molecular formula is C25H30FN5O3. The standard InChI is InChI=1S/C25H30FN5O3/c1-14-10-17(4-9-20(14)26)13-27-25(33)23-11-21(28-15(2)29-23)22-12-24(34-31-22)18-5-7-19(8-6-18)30-16(3)32/h4,9-11,18-19,24H,5-8,12-13H2,1-3H3,(H,27,33)(H,30,32)/t18-,19-,24-/m1/s1. The van der Waals surface area contributed by atoms with Crippen molar-refractivity contribution in [2.24, 2.45) is 11.1 Å². The average Bonchev–Trinajstić information content (AvgIpc) is 3.30. The first-order valence-corrected chi connectivity index (χ1v) is 11.7. The quantitative estimate of drug-likeness (QED) is 0.678. The summed E-state index contributed by atoms with van der Waals surface area (Å²) in [6.07, 6.45) is 4.41. The van der Waals surface area contributed by atoms with Gasteiger partial charge in [0.05, 0.1) is 5.69 Å². The summed E-state index contributed by atoms with van der Waals surface area (Å²) in [7, 11) is 0. The maximum atomic E-state index is 13.5. The van der Waals surface area contributed by atoms with E-state index in [0.717, 1.165) is 31.2 Å². The molecule has 1 aliphatic carbocycles. The first kappa shape index (κ1) is 23.8. The van der Waals surface area contributed by atoms with Crippen LogP contribution in [0.2, 0.25) is 0 Å². The van der Waals surface area contributed by atoms with Crippen LogP contribution in [-0.2, 0) is 16.2 Å². The van der Waals surface area contributed by atoms with Gasteiger partial charge in [0.2, 0.25) is 5.91 Å². The van der Waals surface area contributed by atoms with E-state index in [2.05, 4.69) is 25.8 Å². The van der Waals surface area contributed by atoms with E-state index < -0.39 is 0 Å². The van der Waals surface area contributed by atoms with E-state index in [9.17, 15) is 14.0 Å². The Bertz CT molecular complexity index is 1110. The van der Waals surface area contributed by atoms with Crippen LogP contribution in [0.1, 0.15) is 72.2 Å². The maximum absolute atomic E-state index is 13.5. The van der Waals surface area contributed by atoms with Gasteiger partial charge in [-0.2, -0.15) is 0 Å². The van der Waals surface area contributed by atoms with Crippen LogP contribution < -0.4 is 10.6 Å². The predicted octanol–water partition coefficient (Wildman–Crippen LogP) is 3.35. The highest BCUT2D eigenvalue weighted by molar-refractivity contribution is 6.01. The molecule has 0 saturated heterocycles. The lowest BCUT2D eigenvalue weighted by Gasteiger charge is -2.31. The molecule has 2 N–H and O–H groups in total. The largest absolute Gasteiger partial charge is 0.391 e. The van der Waals surface area contributed by atoms with Gasteiger partial charge in [0.25, 0.3) is 5.91 Å². The number of oxime groups is 1. The molecule has 1 aromatic carbocycles. The lowest BCUT2D eigenvalue weighted by atomic mass is 9.81. The van der Waals surface area contributed by atoms with Crippen LogP contribution in [0.15, 0.2) is 29.4 Å². The molecule has 9 heteroatoms. The normalized spacial score (nSPS) is 22.0. The molecule has 2 aliphatic rings. The van der Waals surface area contributed by atoms with Gasteiger partial charge >= 0.3 is 0 Å². The van der Waals surface area contributed by atoms with Crippen molar-refractivity contribution in [2.45, 2.75) is 71.6 Å². The number of amides is 2. The lowest BCUT2D eigenvalue weighted by Crippen LogP contribution is -2.38. The lowest BCUT2D eigenvalue weighted by molar-refractivity contribution is -0.120. The molecule has 0 radical (unpaired) electrons. The monoisotopic (exact) mass is 467 g/mol. The first-order valence-electron chi connectivity index (χ1n) is 11.7. The fourth-order valence-corrected chi connectivity index (χ4v) is 4.64. The Labute approximate surface area is 198 Å². The van der Waals surface area contributed by atoms with Crippen molar-refractivity contribution in [1.82, 2.24) is 20.6 Å². The van der Waals surface area contributed by atoms with Crippen molar-refractivity contribution in [3.05, 3.63) is 58.4 Å². The van der Waals surface area contributed by atoms with Gasteiger partial charge in [0.1, 0.15) is 29.2 Å². The molecule has 34 heavy (non-hydrogen) atoms. The van der Waals surface area contributed by atoms with Gasteiger partial charge in [-0.3, -0.25) is 9.59 Å². The van der Waals surface area contributed by atoms with Crippen molar-refractivity contribution >= 4 is 17.5 Å². The number of carbonyl (C=O) groups excluding carboxylic acids is 2. The summed E-state index contributed by atoms with van der Waals surface area (Å²) in [5.41, 5.74) is 2.89. The molecule has 1 aliphatic heterocycles. The zero-order valence-electron chi connectivity index (χ0n) is 19.7. The van der Waals surface area contributed by atoms with E-state index in [1.54, 1.807) is 39.0 Å². The molecule has 1 saturated carbocycles. The molecule has 0 spiro atoms. The van der Waals surface area contributed by atoms with Crippen molar-refractivity contribution in [2.75, 3.05) is 0 Å². The van der Waals surface area contributed by atoms with Gasteiger partial charge in [0.15, 0.2) is 0 Å². The number of halogens is 1. The van der Waals surface area contributed by atoms with Crippen LogP contribution in [0.25, 0.3) is 0 Å². The number of rotatable bonds is 6. The molecule has 180 valence electrons. The summed E-state index contributed by atoms with van der Waals surface area (Å²) in [5, 5.41) is 10.1. The van der Waals surface area contributed by atoms with Crippen LogP contribution >= 0.6 is 0 Å². The van der Waals surface area contributed by atoms with Crippen molar-refractivity contribution in [3.8, 4) is 0 Å². The van der Waals surface area contributed by atoms with E-state index in [4.69, 9.17) is 4.84 Å². The Morgan fingerprint density at radius 1 is 1.12 bits per heavy atom. The fraction of sp³-hybridized carbons (Fsp3) is 0.480. The number of aryl methyl sites for hydroxylation is 2. The Balaban J connectivity index is 1.36. The van der Waals surface area contributed by atoms with Gasteiger partial charge in [-0.15, -0.1) is 0 Å². The molecule has 1 aromatic heterocycles. The van der Waals surface area contributed by atoms with Gasteiger partial charge in [-0.05, 0) is 68.7 Å². The van der Waals surface area contributed by atoms with E-state index >= 15 is 0 Å². The highest BCUT2D eigenvalue weighted by atomic mass is 19.1. The number of carbonyl (C=O) groups is 2. The molecule has 0 unspecified atom stereocenters. The second-order valence-electron chi connectivity index (χ2n) is 9.15. The average molecular weight is 468 g/mol. The number of benzene rings is 1. The summed E-state index contributed by atoms with van der Waals surface area (Å²) < 4.78 is 13.5. The van der Waals surface area contributed by atoms with Crippen molar-refractivity contribution < 1.29 is 18.8 Å². The van der Waals surface area contributed by atoms with Gasteiger partial charge < -0.3 is 15.5 Å². The second kappa shape index (κ2) is 10.3. The van der Waals surface area contributed by atoms with E-state index in [1.165, 1.54) is 6.07 Å². The van der Waals surface area contributed by atoms with Gasteiger partial charge in [-0.25, -0.2) is 14.4 Å². The molecule has 2 heterocycles. The molecular weight excluding hydrogens is 437 g/mol. The number of hydrogen-bond donors (Lipinski definition) is 2. The summed E-state index contributed by atoms with van der Waals surface area (Å²) >= 11 is 0. The van der Waals surface area contributed by atoms with Gasteiger partial charge in [0, 0.05) is 25.9 Å². The molecule has 4 rings (SSSR count). The van der Waals surface area contributed by atoms with Crippen LogP contribution in [0.4, 0.5) is 4.39 Å². The van der Waals surface area contributed by atoms with E-state index in [1.807, 2.05) is 0 Å². The fourth-order valence-electron chi connectivity index (χ4n) is 4.64. The summed E-state index contributed by atoms with van der Waals surface area (Å²) in [4.78, 5) is 38.5. The SMILES string of the molecule is CC(=O)N[C@H]1CC[C@H]([C@H]2CC(c3cc(C(=O)NCc4ccc(F)c(C)c4)nc(C)n3)=NO2)CC1. The van der Waals surface area contributed by atoms with Crippen LogP contribution in [0.3, 0.4) is 0 Å². The molecule has 2 amide bonds. The topological polar surface area (TPSA) is 106 Å². The Morgan fingerprint density at radius 2 is 1.88 bits per heavy atom. The molecule has 1 fully saturated rings. The summed E-state index contributed by atoms with van der Waals surface area (Å²) in [6, 6.07) is 6.62. The highest BCUT2D eigenvalue weighted by Gasteiger charge is 2.34. The number of nitrogens with zero attached hydrogens (tertiary/aromatic N) is 3. The second-order valence-corrected chi connectivity index (χ2v) is 9.15. The minimum absolute atomic E-state index is 0.0120. The zero-order chi connectivity index (χ0) is 24.2. The van der Waals surface area contributed by atoms with Crippen molar-refractivity contribution in [3.63, 3.8) is 0 Å². The van der Waals surface area contributed by atoms with Crippen LogP contribution in [-0.4, -0.2) is 39.6 Å². The van der Waals surface area contributed by atoms with Gasteiger partial charge in [-0.1, -0.05) is 17.3 Å².